The van der Waals surface area contributed by atoms with Crippen LogP contribution in [0, 0.1) is 0 Å². The summed E-state index contributed by atoms with van der Waals surface area (Å²) in [4.78, 5) is 29.7. The first kappa shape index (κ1) is 18.2. The number of carbonyl (C=O) groups is 2. The topological polar surface area (TPSA) is 71.1 Å². The number of hydrogen-bond donors (Lipinski definition) is 2. The average Bonchev–Trinajstić information content (AvgIpc) is 2.75. The largest absolute Gasteiger partial charge is 0.349 e. The quantitative estimate of drug-likeness (QED) is 0.705. The number of carbonyl (C=O) groups excluding carboxylic acids is 2. The molecular weight excluding hydrogens is 350 g/mol. The number of rotatable bonds is 4. The van der Waals surface area contributed by atoms with Crippen molar-refractivity contribution in [1.82, 2.24) is 10.3 Å². The van der Waals surface area contributed by atoms with E-state index in [0.717, 1.165) is 36.6 Å². The molecular formula is C23H23N3O2. The molecule has 1 saturated carbocycles. The van der Waals surface area contributed by atoms with Gasteiger partial charge in [-0.3, -0.25) is 14.6 Å². The van der Waals surface area contributed by atoms with E-state index in [4.69, 9.17) is 0 Å². The summed E-state index contributed by atoms with van der Waals surface area (Å²) < 4.78 is 0. The van der Waals surface area contributed by atoms with Gasteiger partial charge in [0, 0.05) is 28.8 Å². The molecule has 5 heteroatoms. The molecule has 1 aliphatic carbocycles. The highest BCUT2D eigenvalue weighted by Crippen LogP contribution is 2.22. The van der Waals surface area contributed by atoms with E-state index in [1.807, 2.05) is 30.3 Å². The predicted molar refractivity (Wildman–Crippen MR) is 110 cm³/mol. The van der Waals surface area contributed by atoms with Crippen molar-refractivity contribution in [3.63, 3.8) is 0 Å². The molecule has 0 radical (unpaired) electrons. The highest BCUT2D eigenvalue weighted by molar-refractivity contribution is 6.09. The summed E-state index contributed by atoms with van der Waals surface area (Å²) in [5, 5.41) is 6.97. The third kappa shape index (κ3) is 4.03. The molecule has 0 spiro atoms. The number of nitrogens with zero attached hydrogens (tertiary/aromatic N) is 1. The molecule has 0 bridgehead atoms. The Kier molecular flexibility index (Phi) is 5.33. The standard InChI is InChI=1S/C23H23N3O2/c27-22(25-19-11-2-1-3-12-19)17-8-4-9-18(15-17)23(28)26-20-13-5-7-16-10-6-14-24-21(16)20/h4-10,13-15,19H,1-3,11-12H2,(H,25,27)(H,26,28). The van der Waals surface area contributed by atoms with Crippen molar-refractivity contribution in [3.05, 3.63) is 71.9 Å². The van der Waals surface area contributed by atoms with E-state index in [0.29, 0.717) is 16.8 Å². The zero-order valence-corrected chi connectivity index (χ0v) is 15.7. The van der Waals surface area contributed by atoms with Crippen LogP contribution in [0.4, 0.5) is 5.69 Å². The Bertz CT molecular complexity index is 1000. The van der Waals surface area contributed by atoms with Crippen molar-refractivity contribution >= 4 is 28.4 Å². The third-order valence-electron chi connectivity index (χ3n) is 5.21. The van der Waals surface area contributed by atoms with Gasteiger partial charge in [0.1, 0.15) is 0 Å². The molecule has 28 heavy (non-hydrogen) atoms. The molecule has 0 aliphatic heterocycles. The molecule has 0 saturated heterocycles. The molecule has 5 nitrogen and oxygen atoms in total. The van der Waals surface area contributed by atoms with Gasteiger partial charge in [0.05, 0.1) is 11.2 Å². The van der Waals surface area contributed by atoms with Crippen molar-refractivity contribution in [1.29, 1.82) is 0 Å². The molecule has 1 heterocycles. The molecule has 0 atom stereocenters. The first-order valence-electron chi connectivity index (χ1n) is 9.77. The number of anilines is 1. The summed E-state index contributed by atoms with van der Waals surface area (Å²) in [5.74, 6) is -0.376. The summed E-state index contributed by atoms with van der Waals surface area (Å²) in [6.45, 7) is 0. The lowest BCUT2D eigenvalue weighted by atomic mass is 9.95. The number of aromatic nitrogens is 1. The van der Waals surface area contributed by atoms with E-state index in [2.05, 4.69) is 15.6 Å². The number of hydrogen-bond acceptors (Lipinski definition) is 3. The van der Waals surface area contributed by atoms with Crippen LogP contribution in [0.3, 0.4) is 0 Å². The van der Waals surface area contributed by atoms with Crippen molar-refractivity contribution in [2.75, 3.05) is 5.32 Å². The Morgan fingerprint density at radius 2 is 1.57 bits per heavy atom. The molecule has 142 valence electrons. The lowest BCUT2D eigenvalue weighted by Gasteiger charge is -2.22. The average molecular weight is 373 g/mol. The Morgan fingerprint density at radius 3 is 2.39 bits per heavy atom. The monoisotopic (exact) mass is 373 g/mol. The lowest BCUT2D eigenvalue weighted by Crippen LogP contribution is -2.36. The molecule has 2 aromatic carbocycles. The van der Waals surface area contributed by atoms with Gasteiger partial charge in [-0.15, -0.1) is 0 Å². The predicted octanol–water partition coefficient (Wildman–Crippen LogP) is 4.55. The summed E-state index contributed by atoms with van der Waals surface area (Å²) in [6, 6.07) is 16.6. The second kappa shape index (κ2) is 8.21. The Labute approximate surface area is 164 Å². The Morgan fingerprint density at radius 1 is 0.857 bits per heavy atom. The van der Waals surface area contributed by atoms with Crippen molar-refractivity contribution in [3.8, 4) is 0 Å². The number of nitrogens with one attached hydrogen (secondary N) is 2. The molecule has 0 unspecified atom stereocenters. The van der Waals surface area contributed by atoms with Crippen LogP contribution in [-0.4, -0.2) is 22.8 Å². The van der Waals surface area contributed by atoms with Crippen LogP contribution < -0.4 is 10.6 Å². The number of para-hydroxylation sites is 1. The van der Waals surface area contributed by atoms with Gasteiger partial charge in [-0.2, -0.15) is 0 Å². The highest BCUT2D eigenvalue weighted by Gasteiger charge is 2.17. The van der Waals surface area contributed by atoms with Crippen molar-refractivity contribution < 1.29 is 9.59 Å². The minimum atomic E-state index is -0.259. The van der Waals surface area contributed by atoms with Crippen LogP contribution in [0.1, 0.15) is 52.8 Å². The van der Waals surface area contributed by atoms with Gasteiger partial charge in [-0.25, -0.2) is 0 Å². The number of pyridine rings is 1. The summed E-state index contributed by atoms with van der Waals surface area (Å²) in [6.07, 6.45) is 7.32. The Balaban J connectivity index is 1.50. The fourth-order valence-corrected chi connectivity index (χ4v) is 3.72. The van der Waals surface area contributed by atoms with Gasteiger partial charge in [0.25, 0.3) is 11.8 Å². The van der Waals surface area contributed by atoms with E-state index >= 15 is 0 Å². The van der Waals surface area contributed by atoms with Crippen LogP contribution in [0.5, 0.6) is 0 Å². The van der Waals surface area contributed by atoms with E-state index in [1.54, 1.807) is 30.5 Å². The van der Waals surface area contributed by atoms with Crippen LogP contribution in [0.2, 0.25) is 0 Å². The van der Waals surface area contributed by atoms with E-state index in [9.17, 15) is 9.59 Å². The second-order valence-electron chi connectivity index (χ2n) is 7.22. The number of fused-ring (bicyclic) bond motifs is 1. The van der Waals surface area contributed by atoms with Crippen molar-refractivity contribution in [2.24, 2.45) is 0 Å². The maximum Gasteiger partial charge on any atom is 0.255 e. The second-order valence-corrected chi connectivity index (χ2v) is 7.22. The maximum atomic E-state index is 12.8. The molecule has 4 rings (SSSR count). The molecule has 2 N–H and O–H groups in total. The van der Waals surface area contributed by atoms with Crippen LogP contribution >= 0.6 is 0 Å². The summed E-state index contributed by atoms with van der Waals surface area (Å²) in [5.41, 5.74) is 2.35. The minimum Gasteiger partial charge on any atom is -0.349 e. The first-order chi connectivity index (χ1) is 13.7. The van der Waals surface area contributed by atoms with E-state index in [1.165, 1.54) is 6.42 Å². The number of amides is 2. The Hall–Kier alpha value is -3.21. The van der Waals surface area contributed by atoms with Crippen LogP contribution in [0.15, 0.2) is 60.8 Å². The highest BCUT2D eigenvalue weighted by atomic mass is 16.2. The van der Waals surface area contributed by atoms with E-state index < -0.39 is 0 Å². The van der Waals surface area contributed by atoms with Crippen LogP contribution in [0.25, 0.3) is 10.9 Å². The molecule has 2 amide bonds. The van der Waals surface area contributed by atoms with Gasteiger partial charge >= 0.3 is 0 Å². The first-order valence-corrected chi connectivity index (χ1v) is 9.77. The number of benzene rings is 2. The third-order valence-corrected chi connectivity index (χ3v) is 5.21. The SMILES string of the molecule is O=C(Nc1cccc2cccnc12)c1cccc(C(=O)NC2CCCCC2)c1. The van der Waals surface area contributed by atoms with Crippen molar-refractivity contribution in [2.45, 2.75) is 38.1 Å². The summed E-state index contributed by atoms with van der Waals surface area (Å²) in [7, 11) is 0. The van der Waals surface area contributed by atoms with Crippen LogP contribution in [-0.2, 0) is 0 Å². The zero-order chi connectivity index (χ0) is 19.3. The zero-order valence-electron chi connectivity index (χ0n) is 15.7. The fourth-order valence-electron chi connectivity index (χ4n) is 3.72. The fraction of sp³-hybridized carbons (Fsp3) is 0.261. The lowest BCUT2D eigenvalue weighted by molar-refractivity contribution is 0.0927. The normalized spacial score (nSPS) is 14.6. The minimum absolute atomic E-state index is 0.117. The van der Waals surface area contributed by atoms with Gasteiger partial charge in [0.2, 0.25) is 0 Å². The van der Waals surface area contributed by atoms with Gasteiger partial charge in [0.15, 0.2) is 0 Å². The smallest absolute Gasteiger partial charge is 0.255 e. The van der Waals surface area contributed by atoms with E-state index in [-0.39, 0.29) is 17.9 Å². The maximum absolute atomic E-state index is 12.8. The summed E-state index contributed by atoms with van der Waals surface area (Å²) >= 11 is 0. The molecule has 1 fully saturated rings. The molecule has 3 aromatic rings. The molecule has 1 aromatic heterocycles. The van der Waals surface area contributed by atoms with Gasteiger partial charge in [-0.1, -0.05) is 43.5 Å². The van der Waals surface area contributed by atoms with Gasteiger partial charge < -0.3 is 10.6 Å². The van der Waals surface area contributed by atoms with Gasteiger partial charge in [-0.05, 0) is 43.2 Å². The molecule has 1 aliphatic rings.